The zero-order chi connectivity index (χ0) is 10.1. The van der Waals surface area contributed by atoms with Crippen molar-refractivity contribution in [2.45, 2.75) is 6.92 Å². The van der Waals surface area contributed by atoms with E-state index in [2.05, 4.69) is 5.73 Å². The van der Waals surface area contributed by atoms with Crippen LogP contribution in [0.5, 0.6) is 0 Å². The van der Waals surface area contributed by atoms with Gasteiger partial charge < -0.3 is 20.6 Å². The predicted molar refractivity (Wildman–Crippen MR) is 41.6 cm³/mol. The SMILES string of the molecule is CCN(C#N)P(O)O.NC(=O)O. The van der Waals surface area contributed by atoms with Crippen molar-refractivity contribution >= 4 is 14.6 Å². The van der Waals surface area contributed by atoms with Gasteiger partial charge in [0, 0.05) is 6.54 Å². The van der Waals surface area contributed by atoms with Crippen molar-refractivity contribution in [3.05, 3.63) is 0 Å². The summed E-state index contributed by atoms with van der Waals surface area (Å²) in [6, 6.07) is 0. The molecule has 0 aromatic rings. The van der Waals surface area contributed by atoms with Gasteiger partial charge >= 0.3 is 6.09 Å². The number of carboxylic acid groups (broad SMARTS) is 1. The molecule has 5 N–H and O–H groups in total. The second-order valence-electron chi connectivity index (χ2n) is 1.42. The third-order valence-electron chi connectivity index (χ3n) is 0.631. The lowest BCUT2D eigenvalue weighted by molar-refractivity contribution is 0.205. The normalized spacial score (nSPS) is 7.92. The van der Waals surface area contributed by atoms with Crippen LogP contribution in [-0.2, 0) is 0 Å². The fourth-order valence-corrected chi connectivity index (χ4v) is 0.570. The molecule has 0 rings (SSSR count). The maximum Gasteiger partial charge on any atom is 0.402 e. The van der Waals surface area contributed by atoms with Gasteiger partial charge in [0.25, 0.3) is 8.53 Å². The second-order valence-corrected chi connectivity index (χ2v) is 2.44. The van der Waals surface area contributed by atoms with Crippen molar-refractivity contribution in [1.29, 1.82) is 5.26 Å². The van der Waals surface area contributed by atoms with E-state index in [0.29, 0.717) is 6.54 Å². The summed E-state index contributed by atoms with van der Waals surface area (Å²) >= 11 is 0. The molecule has 0 aromatic carbocycles. The van der Waals surface area contributed by atoms with E-state index in [1.807, 2.05) is 0 Å². The van der Waals surface area contributed by atoms with Gasteiger partial charge in [0.05, 0.1) is 0 Å². The van der Waals surface area contributed by atoms with Crippen molar-refractivity contribution in [3.8, 4) is 6.19 Å². The minimum atomic E-state index is -2.19. The molecule has 12 heavy (non-hydrogen) atoms. The van der Waals surface area contributed by atoms with E-state index in [0.717, 1.165) is 4.67 Å². The number of nitriles is 1. The maximum atomic E-state index is 8.78. The average Bonchev–Trinajstić information content (AvgIpc) is 1.87. The van der Waals surface area contributed by atoms with Gasteiger partial charge in [-0.3, -0.25) is 0 Å². The smallest absolute Gasteiger partial charge is 0.402 e. The maximum absolute atomic E-state index is 8.78. The van der Waals surface area contributed by atoms with Crippen LogP contribution in [-0.4, -0.2) is 32.2 Å². The Kier molecular flexibility index (Phi) is 9.01. The van der Waals surface area contributed by atoms with Crippen LogP contribution in [0.1, 0.15) is 6.92 Å². The Morgan fingerprint density at radius 2 is 2.08 bits per heavy atom. The molecule has 70 valence electrons. The fourth-order valence-electron chi connectivity index (χ4n) is 0.237. The Hall–Kier alpha value is -1.09. The summed E-state index contributed by atoms with van der Waals surface area (Å²) in [4.78, 5) is 25.4. The second kappa shape index (κ2) is 8.01. The first-order chi connectivity index (χ1) is 5.45. The molecule has 0 saturated heterocycles. The molecular formula is C4H10N3O4P. The number of hydrogen-bond acceptors (Lipinski definition) is 5. The lowest BCUT2D eigenvalue weighted by Gasteiger charge is -2.10. The molecule has 0 bridgehead atoms. The van der Waals surface area contributed by atoms with Gasteiger partial charge in [0.2, 0.25) is 0 Å². The summed E-state index contributed by atoms with van der Waals surface area (Å²) in [6.07, 6.45) is 0.280. The van der Waals surface area contributed by atoms with Crippen LogP contribution >= 0.6 is 8.53 Å². The van der Waals surface area contributed by atoms with E-state index >= 15 is 0 Å². The molecule has 0 aromatic heterocycles. The minimum absolute atomic E-state index is 0.342. The highest BCUT2D eigenvalue weighted by atomic mass is 31.2. The number of amides is 1. The van der Waals surface area contributed by atoms with E-state index in [-0.39, 0.29) is 0 Å². The van der Waals surface area contributed by atoms with Crippen LogP contribution < -0.4 is 5.73 Å². The van der Waals surface area contributed by atoms with Crippen LogP contribution in [0.4, 0.5) is 4.79 Å². The van der Waals surface area contributed by atoms with Gasteiger partial charge in [-0.2, -0.15) is 5.26 Å². The van der Waals surface area contributed by atoms with Crippen LogP contribution in [0.15, 0.2) is 0 Å². The number of primary amides is 1. The van der Waals surface area contributed by atoms with Gasteiger partial charge in [-0.05, 0) is 6.92 Å². The van der Waals surface area contributed by atoms with Crippen molar-refractivity contribution in [3.63, 3.8) is 0 Å². The van der Waals surface area contributed by atoms with Crippen molar-refractivity contribution in [2.75, 3.05) is 6.54 Å². The Balaban J connectivity index is 0. The van der Waals surface area contributed by atoms with E-state index in [9.17, 15) is 0 Å². The first kappa shape index (κ1) is 13.5. The molecule has 1 amide bonds. The number of nitrogens with two attached hydrogens (primary N) is 1. The topological polar surface area (TPSA) is 131 Å². The van der Waals surface area contributed by atoms with Crippen LogP contribution in [0, 0.1) is 11.5 Å². The molecule has 0 fully saturated rings. The van der Waals surface area contributed by atoms with Crippen LogP contribution in [0.25, 0.3) is 0 Å². The molecule has 0 heterocycles. The Labute approximate surface area is 70.6 Å². The molecule has 0 aliphatic heterocycles. The summed E-state index contributed by atoms with van der Waals surface area (Å²) in [7, 11) is -2.19. The Morgan fingerprint density at radius 3 is 2.08 bits per heavy atom. The quantitative estimate of drug-likeness (QED) is 0.270. The average molecular weight is 195 g/mol. The molecule has 0 radical (unpaired) electrons. The summed E-state index contributed by atoms with van der Waals surface area (Å²) in [5, 5.41) is 15.3. The minimum Gasteiger partial charge on any atom is -0.465 e. The molecular weight excluding hydrogens is 185 g/mol. The molecule has 0 saturated carbocycles. The third kappa shape index (κ3) is 11.7. The van der Waals surface area contributed by atoms with Gasteiger partial charge in [0.1, 0.15) is 0 Å². The molecule has 0 spiro atoms. The first-order valence-electron chi connectivity index (χ1n) is 2.79. The Morgan fingerprint density at radius 1 is 1.75 bits per heavy atom. The molecule has 0 atom stereocenters. The van der Waals surface area contributed by atoms with E-state index < -0.39 is 14.6 Å². The fraction of sp³-hybridized carbons (Fsp3) is 0.500. The standard InChI is InChI=1S/C3H7N2O2P.CH3NO2/c1-2-5(3-4)8(6)7;2-1(3)4/h6-7H,2H2,1H3;2H2,(H,3,4). The number of carbonyl (C=O) groups is 1. The van der Waals surface area contributed by atoms with E-state index in [4.69, 9.17) is 24.9 Å². The number of nitrogens with zero attached hydrogens (tertiary/aromatic N) is 2. The van der Waals surface area contributed by atoms with Crippen LogP contribution in [0.2, 0.25) is 0 Å². The van der Waals surface area contributed by atoms with E-state index in [1.165, 1.54) is 0 Å². The number of hydrogen-bond donors (Lipinski definition) is 4. The monoisotopic (exact) mass is 195 g/mol. The molecule has 7 nitrogen and oxygen atoms in total. The predicted octanol–water partition coefficient (Wildman–Crippen LogP) is -0.376. The third-order valence-corrected chi connectivity index (χ3v) is 1.44. The van der Waals surface area contributed by atoms with Crippen molar-refractivity contribution < 1.29 is 19.7 Å². The summed E-state index contributed by atoms with van der Waals surface area (Å²) in [5.41, 5.74) is 4.03. The summed E-state index contributed by atoms with van der Waals surface area (Å²) in [5.74, 6) is 0. The van der Waals surface area contributed by atoms with Gasteiger partial charge in [0.15, 0.2) is 6.19 Å². The largest absolute Gasteiger partial charge is 0.465 e. The molecule has 0 aliphatic carbocycles. The highest BCUT2D eigenvalue weighted by Gasteiger charge is 2.06. The van der Waals surface area contributed by atoms with Gasteiger partial charge in [-0.25, -0.2) is 9.46 Å². The summed E-state index contributed by atoms with van der Waals surface area (Å²) in [6.45, 7) is 2.01. The van der Waals surface area contributed by atoms with Crippen molar-refractivity contribution in [2.24, 2.45) is 5.73 Å². The lowest BCUT2D eigenvalue weighted by atomic mass is 10.8. The highest BCUT2D eigenvalue weighted by Crippen LogP contribution is 2.27. The molecule has 8 heteroatoms. The zero-order valence-corrected chi connectivity index (χ0v) is 7.27. The number of rotatable bonds is 2. The van der Waals surface area contributed by atoms with Crippen LogP contribution in [0.3, 0.4) is 0 Å². The first-order valence-corrected chi connectivity index (χ1v) is 3.99. The zero-order valence-electron chi connectivity index (χ0n) is 6.38. The van der Waals surface area contributed by atoms with Gasteiger partial charge in [-0.15, -0.1) is 0 Å². The highest BCUT2D eigenvalue weighted by molar-refractivity contribution is 7.42. The van der Waals surface area contributed by atoms with Crippen molar-refractivity contribution in [1.82, 2.24) is 4.67 Å². The molecule has 0 aliphatic rings. The Bertz CT molecular complexity index is 164. The van der Waals surface area contributed by atoms with E-state index in [1.54, 1.807) is 13.1 Å². The van der Waals surface area contributed by atoms with Gasteiger partial charge in [-0.1, -0.05) is 0 Å². The molecule has 0 unspecified atom stereocenters. The summed E-state index contributed by atoms with van der Waals surface area (Å²) < 4.78 is 0.898. The lowest BCUT2D eigenvalue weighted by Crippen LogP contribution is -2.08.